The molecule has 6 nitrogen and oxygen atoms in total. The molecule has 4 aromatic heterocycles. The molecular weight excluding hydrogens is 564 g/mol. The fourth-order valence-electron chi connectivity index (χ4n) is 8.19. The first-order valence-electron chi connectivity index (χ1n) is 15.2. The molecule has 6 heteroatoms. The minimum absolute atomic E-state index is 0.597. The van der Waals surface area contributed by atoms with Gasteiger partial charge in [-0.05, 0) is 51.9 Å². The Bertz CT molecular complexity index is 2730. The largest absolute Gasteiger partial charge is 0.308 e. The van der Waals surface area contributed by atoms with E-state index in [-0.39, 0.29) is 0 Å². The number of hydrogen-bond donors (Lipinski definition) is 0. The maximum atomic E-state index is 11.0. The van der Waals surface area contributed by atoms with Crippen molar-refractivity contribution < 1.29 is 0 Å². The summed E-state index contributed by atoms with van der Waals surface area (Å²) < 4.78 is 4.48. The summed E-state index contributed by atoms with van der Waals surface area (Å²) >= 11 is 0. The van der Waals surface area contributed by atoms with Gasteiger partial charge in [-0.25, -0.2) is 9.97 Å². The Labute approximate surface area is 260 Å². The summed E-state index contributed by atoms with van der Waals surface area (Å²) in [7, 11) is 0. The van der Waals surface area contributed by atoms with Crippen LogP contribution in [0.25, 0.3) is 98.2 Å². The number of rotatable bonds is 2. The molecule has 0 aliphatic heterocycles. The van der Waals surface area contributed by atoms with Crippen LogP contribution in [0.3, 0.4) is 0 Å². The lowest BCUT2D eigenvalue weighted by Gasteiger charge is -2.15. The van der Waals surface area contributed by atoms with Crippen LogP contribution in [-0.2, 0) is 0 Å². The van der Waals surface area contributed by atoms with Gasteiger partial charge in [0.1, 0.15) is 18.0 Å². The number of benzene rings is 7. The third-order valence-corrected chi connectivity index (χ3v) is 9.90. The van der Waals surface area contributed by atoms with Crippen molar-refractivity contribution in [2.45, 2.75) is 0 Å². The molecule has 7 aromatic carbocycles. The Morgan fingerprint density at radius 2 is 0.978 bits per heavy atom. The first kappa shape index (κ1) is 23.8. The number of aromatic nitrogens is 5. The minimum atomic E-state index is 0.597. The SMILES string of the molecule is N#Cc1c(-n2c3cccc4c5ccccc5c5cncc2c5c43)cccc1-n1c2cccc3c4cncnc4c4cccc1c4c32. The lowest BCUT2D eigenvalue weighted by Crippen LogP contribution is -2.04. The summed E-state index contributed by atoms with van der Waals surface area (Å²) in [6.07, 6.45) is 7.43. The van der Waals surface area contributed by atoms with E-state index in [0.29, 0.717) is 5.56 Å². The van der Waals surface area contributed by atoms with Crippen molar-refractivity contribution in [3.8, 4) is 17.4 Å². The quantitative estimate of drug-likeness (QED) is 0.190. The molecule has 46 heavy (non-hydrogen) atoms. The predicted octanol–water partition coefficient (Wildman–Crippen LogP) is 9.43. The number of pyridine rings is 1. The van der Waals surface area contributed by atoms with Crippen LogP contribution in [0.4, 0.5) is 0 Å². The third-order valence-electron chi connectivity index (χ3n) is 9.90. The van der Waals surface area contributed by atoms with E-state index in [4.69, 9.17) is 9.97 Å². The lowest BCUT2D eigenvalue weighted by molar-refractivity contribution is 1.11. The van der Waals surface area contributed by atoms with Crippen molar-refractivity contribution >= 4 is 86.8 Å². The predicted molar refractivity (Wildman–Crippen MR) is 186 cm³/mol. The molecule has 0 spiro atoms. The lowest BCUT2D eigenvalue weighted by atomic mass is 9.96. The average Bonchev–Trinajstić information content (AvgIpc) is 3.64. The van der Waals surface area contributed by atoms with Gasteiger partial charge < -0.3 is 9.13 Å². The molecule has 0 fully saturated rings. The van der Waals surface area contributed by atoms with Gasteiger partial charge in [-0.1, -0.05) is 66.7 Å². The van der Waals surface area contributed by atoms with Gasteiger partial charge in [0.2, 0.25) is 0 Å². The second-order valence-corrected chi connectivity index (χ2v) is 12.0. The second kappa shape index (κ2) is 8.32. The number of fused-ring (bicyclic) bond motifs is 6. The third kappa shape index (κ3) is 2.71. The van der Waals surface area contributed by atoms with E-state index in [1.165, 1.54) is 26.9 Å². The molecule has 0 unspecified atom stereocenters. The summed E-state index contributed by atoms with van der Waals surface area (Å²) in [6, 6.07) is 36.6. The molecule has 0 aliphatic carbocycles. The fraction of sp³-hybridized carbons (Fsp3) is 0. The first-order chi connectivity index (χ1) is 22.8. The Kier molecular flexibility index (Phi) is 4.31. The Morgan fingerprint density at radius 3 is 1.67 bits per heavy atom. The van der Waals surface area contributed by atoms with Gasteiger partial charge in [0.15, 0.2) is 0 Å². The molecule has 0 bridgehead atoms. The number of nitriles is 1. The Balaban J connectivity index is 1.30. The maximum absolute atomic E-state index is 11.0. The van der Waals surface area contributed by atoms with Gasteiger partial charge in [-0.15, -0.1) is 0 Å². The van der Waals surface area contributed by atoms with Crippen molar-refractivity contribution in [1.82, 2.24) is 24.1 Å². The standard InChI is InChI=1S/C40H20N6/c41-17-27-30(45-32-14-4-10-25-29-19-43-21-44-40(29)26-11-5-16-34(45)38(26)37(25)32)12-6-13-31(27)46-33-15-3-9-24-22-7-1-2-8-23(22)28-18-42-20-35(46)39(28)36(24)33/h1-16,18-21H. The van der Waals surface area contributed by atoms with Crippen LogP contribution < -0.4 is 0 Å². The van der Waals surface area contributed by atoms with Crippen LogP contribution >= 0.6 is 0 Å². The molecule has 0 N–H and O–H groups in total. The van der Waals surface area contributed by atoms with E-state index in [1.807, 2.05) is 18.6 Å². The van der Waals surface area contributed by atoms with E-state index < -0.39 is 0 Å². The van der Waals surface area contributed by atoms with Gasteiger partial charge in [0, 0.05) is 50.1 Å². The average molecular weight is 585 g/mol. The topological polar surface area (TPSA) is 72.3 Å². The zero-order valence-corrected chi connectivity index (χ0v) is 24.2. The van der Waals surface area contributed by atoms with E-state index in [9.17, 15) is 5.26 Å². The summed E-state index contributed by atoms with van der Waals surface area (Å²) in [5.74, 6) is 0. The van der Waals surface area contributed by atoms with Crippen LogP contribution in [0, 0.1) is 11.3 Å². The van der Waals surface area contributed by atoms with Crippen LogP contribution in [0.2, 0.25) is 0 Å². The molecule has 11 rings (SSSR count). The van der Waals surface area contributed by atoms with Gasteiger partial charge in [-0.2, -0.15) is 5.26 Å². The molecule has 0 radical (unpaired) electrons. The summed E-state index contributed by atoms with van der Waals surface area (Å²) in [5, 5.41) is 23.6. The van der Waals surface area contributed by atoms with Crippen molar-refractivity contribution in [2.75, 3.05) is 0 Å². The number of nitrogens with zero attached hydrogens (tertiary/aromatic N) is 6. The summed E-state index contributed by atoms with van der Waals surface area (Å²) in [5.41, 5.74) is 7.33. The van der Waals surface area contributed by atoms with Gasteiger partial charge in [0.25, 0.3) is 0 Å². The van der Waals surface area contributed by atoms with E-state index >= 15 is 0 Å². The molecule has 0 saturated carbocycles. The van der Waals surface area contributed by atoms with Crippen molar-refractivity contribution in [3.05, 3.63) is 128 Å². The van der Waals surface area contributed by atoms with Crippen LogP contribution in [0.1, 0.15) is 5.56 Å². The second-order valence-electron chi connectivity index (χ2n) is 12.0. The molecule has 0 aliphatic rings. The van der Waals surface area contributed by atoms with Crippen LogP contribution in [0.15, 0.2) is 122 Å². The monoisotopic (exact) mass is 584 g/mol. The van der Waals surface area contributed by atoms with Crippen LogP contribution in [0.5, 0.6) is 0 Å². The zero-order chi connectivity index (χ0) is 30.1. The van der Waals surface area contributed by atoms with E-state index in [1.54, 1.807) is 6.33 Å². The summed E-state index contributed by atoms with van der Waals surface area (Å²) in [6.45, 7) is 0. The first-order valence-corrected chi connectivity index (χ1v) is 15.2. The molecule has 0 saturated heterocycles. The minimum Gasteiger partial charge on any atom is -0.308 e. The van der Waals surface area contributed by atoms with Crippen molar-refractivity contribution in [3.63, 3.8) is 0 Å². The normalized spacial score (nSPS) is 12.3. The van der Waals surface area contributed by atoms with Crippen molar-refractivity contribution in [1.29, 1.82) is 5.26 Å². The fourth-order valence-corrected chi connectivity index (χ4v) is 8.19. The zero-order valence-electron chi connectivity index (χ0n) is 24.2. The maximum Gasteiger partial charge on any atom is 0.116 e. The van der Waals surface area contributed by atoms with Crippen molar-refractivity contribution in [2.24, 2.45) is 0 Å². The molecule has 4 heterocycles. The summed E-state index contributed by atoms with van der Waals surface area (Å²) in [4.78, 5) is 13.8. The van der Waals surface area contributed by atoms with E-state index in [2.05, 4.69) is 117 Å². The van der Waals surface area contributed by atoms with E-state index in [0.717, 1.165) is 71.3 Å². The molecular formula is C40H20N6. The molecule has 210 valence electrons. The highest BCUT2D eigenvalue weighted by atomic mass is 15.0. The highest BCUT2D eigenvalue weighted by Crippen LogP contribution is 2.46. The Morgan fingerprint density at radius 1 is 0.457 bits per heavy atom. The number of hydrogen-bond acceptors (Lipinski definition) is 4. The highest BCUT2D eigenvalue weighted by molar-refractivity contribution is 6.35. The molecule has 0 atom stereocenters. The Hall–Kier alpha value is -6.58. The van der Waals surface area contributed by atoms with Gasteiger partial charge >= 0.3 is 0 Å². The smallest absolute Gasteiger partial charge is 0.116 e. The van der Waals surface area contributed by atoms with Gasteiger partial charge in [0.05, 0.1) is 45.2 Å². The van der Waals surface area contributed by atoms with Gasteiger partial charge in [-0.3, -0.25) is 4.98 Å². The molecule has 11 aromatic rings. The van der Waals surface area contributed by atoms with Crippen LogP contribution in [-0.4, -0.2) is 24.1 Å². The molecule has 0 amide bonds. The highest BCUT2D eigenvalue weighted by Gasteiger charge is 2.25.